The van der Waals surface area contributed by atoms with Crippen LogP contribution in [0, 0.1) is 19.8 Å². The quantitative estimate of drug-likeness (QED) is 0.486. The molecule has 0 bridgehead atoms. The summed E-state index contributed by atoms with van der Waals surface area (Å²) in [7, 11) is 0. The van der Waals surface area contributed by atoms with E-state index in [1.54, 1.807) is 0 Å². The Kier molecular flexibility index (Phi) is 8.10. The van der Waals surface area contributed by atoms with Gasteiger partial charge in [0.1, 0.15) is 0 Å². The first-order valence-electron chi connectivity index (χ1n) is 4.93. The van der Waals surface area contributed by atoms with Gasteiger partial charge in [-0.1, -0.05) is 65.7 Å². The van der Waals surface area contributed by atoms with E-state index < -0.39 is 0 Å². The van der Waals surface area contributed by atoms with Gasteiger partial charge >= 0.3 is 0 Å². The van der Waals surface area contributed by atoms with Crippen molar-refractivity contribution in [2.75, 3.05) is 0 Å². The average Bonchev–Trinajstić information content (AvgIpc) is 2.03. The summed E-state index contributed by atoms with van der Waals surface area (Å²) < 4.78 is 0. The van der Waals surface area contributed by atoms with Gasteiger partial charge in [0.15, 0.2) is 0 Å². The molecule has 0 heteroatoms. The van der Waals surface area contributed by atoms with Crippen molar-refractivity contribution in [3.05, 3.63) is 13.8 Å². The predicted molar refractivity (Wildman–Crippen MR) is 52.2 cm³/mol. The van der Waals surface area contributed by atoms with Crippen molar-refractivity contribution in [1.82, 2.24) is 0 Å². The van der Waals surface area contributed by atoms with Crippen molar-refractivity contribution in [1.29, 1.82) is 0 Å². The lowest BCUT2D eigenvalue weighted by atomic mass is 9.94. The van der Waals surface area contributed by atoms with E-state index in [1.807, 2.05) is 0 Å². The summed E-state index contributed by atoms with van der Waals surface area (Å²) in [5, 5.41) is 0. The molecule has 1 unspecified atom stereocenters. The molecule has 1 atom stereocenters. The van der Waals surface area contributed by atoms with Gasteiger partial charge in [-0.25, -0.2) is 0 Å². The Morgan fingerprint density at radius 3 is 2.27 bits per heavy atom. The molecule has 0 aliphatic rings. The Morgan fingerprint density at radius 1 is 1.09 bits per heavy atom. The first-order chi connectivity index (χ1) is 5.35. The van der Waals surface area contributed by atoms with Gasteiger partial charge in [0.05, 0.1) is 0 Å². The molecule has 0 amide bonds. The Hall–Kier alpha value is 0. The van der Waals surface area contributed by atoms with Gasteiger partial charge in [-0.05, 0) is 5.92 Å². The van der Waals surface area contributed by atoms with E-state index in [0.717, 1.165) is 18.8 Å². The smallest absolute Gasteiger partial charge is 0.0414 e. The molecule has 11 heavy (non-hydrogen) atoms. The molecular formula is C11H22. The van der Waals surface area contributed by atoms with Gasteiger partial charge in [-0.2, -0.15) is 0 Å². The first kappa shape index (κ1) is 11.0. The Bertz CT molecular complexity index is 66.4. The second kappa shape index (κ2) is 8.10. The molecule has 0 aromatic rings. The molecule has 0 N–H and O–H groups in total. The number of unbranched alkanes of at least 4 members (excludes halogenated alkanes) is 2. The molecular weight excluding hydrogens is 132 g/mol. The Morgan fingerprint density at radius 2 is 1.82 bits per heavy atom. The zero-order valence-corrected chi connectivity index (χ0v) is 7.94. The van der Waals surface area contributed by atoms with Crippen LogP contribution in [0.1, 0.15) is 51.9 Å². The van der Waals surface area contributed by atoms with Crippen molar-refractivity contribution in [3.8, 4) is 0 Å². The van der Waals surface area contributed by atoms with Crippen LogP contribution >= 0.6 is 0 Å². The zero-order chi connectivity index (χ0) is 8.53. The molecule has 0 saturated heterocycles. The highest BCUT2D eigenvalue weighted by molar-refractivity contribution is 4.60. The van der Waals surface area contributed by atoms with Crippen LogP contribution in [0.25, 0.3) is 0 Å². The average molecular weight is 154 g/mol. The van der Waals surface area contributed by atoms with Crippen molar-refractivity contribution < 1.29 is 0 Å². The second-order valence-electron chi connectivity index (χ2n) is 3.29. The molecule has 0 rings (SSSR count). The van der Waals surface area contributed by atoms with Gasteiger partial charge in [0.25, 0.3) is 0 Å². The molecule has 0 spiro atoms. The van der Waals surface area contributed by atoms with Crippen LogP contribution in [-0.2, 0) is 0 Å². The number of rotatable bonds is 7. The number of hydrogen-bond donors (Lipinski definition) is 0. The molecule has 0 saturated carbocycles. The predicted octanol–water partition coefficient (Wildman–Crippen LogP) is 4.02. The van der Waals surface area contributed by atoms with Crippen molar-refractivity contribution in [2.24, 2.45) is 5.92 Å². The maximum absolute atomic E-state index is 3.97. The highest BCUT2D eigenvalue weighted by atomic mass is 14.1. The van der Waals surface area contributed by atoms with Crippen molar-refractivity contribution in [3.63, 3.8) is 0 Å². The van der Waals surface area contributed by atoms with Crippen LogP contribution in [0.4, 0.5) is 0 Å². The lowest BCUT2D eigenvalue weighted by molar-refractivity contribution is 0.429. The fraction of sp³-hybridized carbons (Fsp3) is 0.818. The summed E-state index contributed by atoms with van der Waals surface area (Å²) in [5.74, 6) is 0.881. The Labute approximate surface area is 72.4 Å². The van der Waals surface area contributed by atoms with Crippen LogP contribution in [0.5, 0.6) is 0 Å². The van der Waals surface area contributed by atoms with Crippen LogP contribution in [0.15, 0.2) is 0 Å². The third-order valence-electron chi connectivity index (χ3n) is 2.22. The lowest BCUT2D eigenvalue weighted by Gasteiger charge is -2.12. The maximum Gasteiger partial charge on any atom is -0.0414 e. The third kappa shape index (κ3) is 6.40. The fourth-order valence-electron chi connectivity index (χ4n) is 1.45. The van der Waals surface area contributed by atoms with E-state index in [0.29, 0.717) is 0 Å². The topological polar surface area (TPSA) is 0 Å². The summed E-state index contributed by atoms with van der Waals surface area (Å²) >= 11 is 0. The molecule has 66 valence electrons. The van der Waals surface area contributed by atoms with E-state index in [-0.39, 0.29) is 0 Å². The molecule has 0 aliphatic heterocycles. The van der Waals surface area contributed by atoms with Crippen LogP contribution in [0.2, 0.25) is 0 Å². The highest BCUT2D eigenvalue weighted by Crippen LogP contribution is 2.18. The summed E-state index contributed by atoms with van der Waals surface area (Å²) in [6.07, 6.45) is 8.89. The van der Waals surface area contributed by atoms with Gasteiger partial charge in [0.2, 0.25) is 0 Å². The molecule has 0 aromatic carbocycles. The molecule has 2 radical (unpaired) electrons. The maximum atomic E-state index is 3.97. The summed E-state index contributed by atoms with van der Waals surface area (Å²) in [6, 6.07) is 0. The van der Waals surface area contributed by atoms with Gasteiger partial charge in [-0.15, -0.1) is 0 Å². The minimum absolute atomic E-state index is 0.881. The van der Waals surface area contributed by atoms with Crippen LogP contribution in [0.3, 0.4) is 0 Å². The van der Waals surface area contributed by atoms with Crippen molar-refractivity contribution in [2.45, 2.75) is 51.9 Å². The summed E-state index contributed by atoms with van der Waals surface area (Å²) in [4.78, 5) is 0. The molecule has 0 nitrogen and oxygen atoms in total. The highest BCUT2D eigenvalue weighted by Gasteiger charge is 2.03. The second-order valence-corrected chi connectivity index (χ2v) is 3.29. The first-order valence-corrected chi connectivity index (χ1v) is 4.93. The van der Waals surface area contributed by atoms with E-state index in [4.69, 9.17) is 0 Å². The van der Waals surface area contributed by atoms with Gasteiger partial charge in [-0.3, -0.25) is 0 Å². The van der Waals surface area contributed by atoms with Crippen molar-refractivity contribution >= 4 is 0 Å². The Balaban J connectivity index is 3.20. The molecule has 0 aliphatic carbocycles. The van der Waals surface area contributed by atoms with Crippen LogP contribution < -0.4 is 0 Å². The van der Waals surface area contributed by atoms with Gasteiger partial charge in [0, 0.05) is 0 Å². The molecule has 0 fully saturated rings. The monoisotopic (exact) mass is 154 g/mol. The zero-order valence-electron chi connectivity index (χ0n) is 7.94. The largest absolute Gasteiger partial charge is 0.0654 e. The standard InChI is InChI=1S/C11H22/c1-4-7-8-10-11(6-3)9-5-2/h11H,1,3-10H2,2H3. The molecule has 0 aromatic heterocycles. The fourth-order valence-corrected chi connectivity index (χ4v) is 1.45. The third-order valence-corrected chi connectivity index (χ3v) is 2.22. The van der Waals surface area contributed by atoms with E-state index >= 15 is 0 Å². The normalized spacial score (nSPS) is 13.4. The van der Waals surface area contributed by atoms with Gasteiger partial charge < -0.3 is 0 Å². The van der Waals surface area contributed by atoms with E-state index in [9.17, 15) is 0 Å². The summed E-state index contributed by atoms with van der Waals surface area (Å²) in [5.41, 5.74) is 0. The molecule has 0 heterocycles. The number of hydrogen-bond acceptors (Lipinski definition) is 0. The minimum Gasteiger partial charge on any atom is -0.0654 e. The van der Waals surface area contributed by atoms with Crippen LogP contribution in [-0.4, -0.2) is 0 Å². The SMILES string of the molecule is [CH2]CCCCC(C[CH2])CCC. The minimum atomic E-state index is 0.881. The lowest BCUT2D eigenvalue weighted by Crippen LogP contribution is -1.97. The van der Waals surface area contributed by atoms with E-state index in [2.05, 4.69) is 20.8 Å². The van der Waals surface area contributed by atoms with E-state index in [1.165, 1.54) is 32.1 Å². The summed E-state index contributed by atoms with van der Waals surface area (Å²) in [6.45, 7) is 10.1.